The van der Waals surface area contributed by atoms with Gasteiger partial charge in [-0.2, -0.15) is 0 Å². The molecule has 0 heterocycles. The van der Waals surface area contributed by atoms with Gasteiger partial charge in [0.05, 0.1) is 6.54 Å². The number of benzene rings is 3. The van der Waals surface area contributed by atoms with Crippen LogP contribution in [0.5, 0.6) is 0 Å². The van der Waals surface area contributed by atoms with Crippen LogP contribution in [0.25, 0.3) is 0 Å². The van der Waals surface area contributed by atoms with Crippen molar-refractivity contribution < 1.29 is 18.8 Å². The SMILES string of the molecule is Cc1ccc(C(=O)Nc2cccc(CNC(=O)CNC(=O)c3ccc(F)cc3)c2)cc1. The predicted molar refractivity (Wildman–Crippen MR) is 116 cm³/mol. The van der Waals surface area contributed by atoms with Crippen LogP contribution >= 0.6 is 0 Å². The van der Waals surface area contributed by atoms with E-state index in [0.29, 0.717) is 11.3 Å². The highest BCUT2D eigenvalue weighted by Crippen LogP contribution is 2.13. The van der Waals surface area contributed by atoms with Crippen LogP contribution < -0.4 is 16.0 Å². The van der Waals surface area contributed by atoms with Crippen molar-refractivity contribution >= 4 is 23.4 Å². The van der Waals surface area contributed by atoms with E-state index in [1.54, 1.807) is 30.3 Å². The smallest absolute Gasteiger partial charge is 0.255 e. The zero-order chi connectivity index (χ0) is 22.2. The molecule has 0 atom stereocenters. The summed E-state index contributed by atoms with van der Waals surface area (Å²) >= 11 is 0. The van der Waals surface area contributed by atoms with Crippen LogP contribution in [-0.2, 0) is 11.3 Å². The van der Waals surface area contributed by atoms with E-state index in [0.717, 1.165) is 11.1 Å². The second kappa shape index (κ2) is 10.2. The Bertz CT molecular complexity index is 1080. The zero-order valence-corrected chi connectivity index (χ0v) is 16.9. The topological polar surface area (TPSA) is 87.3 Å². The molecule has 3 aromatic carbocycles. The molecule has 0 aliphatic carbocycles. The molecule has 0 aromatic heterocycles. The summed E-state index contributed by atoms with van der Waals surface area (Å²) in [6.07, 6.45) is 0. The molecule has 0 spiro atoms. The number of rotatable bonds is 7. The van der Waals surface area contributed by atoms with Crippen molar-refractivity contribution in [1.82, 2.24) is 10.6 Å². The van der Waals surface area contributed by atoms with Crippen LogP contribution in [0.3, 0.4) is 0 Å². The molecule has 0 fully saturated rings. The molecule has 3 amide bonds. The maximum Gasteiger partial charge on any atom is 0.255 e. The van der Waals surface area contributed by atoms with Gasteiger partial charge >= 0.3 is 0 Å². The summed E-state index contributed by atoms with van der Waals surface area (Å²) in [5.41, 5.74) is 3.30. The van der Waals surface area contributed by atoms with Gasteiger partial charge in [-0.3, -0.25) is 14.4 Å². The second-order valence-corrected chi connectivity index (χ2v) is 6.99. The monoisotopic (exact) mass is 419 g/mol. The highest BCUT2D eigenvalue weighted by molar-refractivity contribution is 6.04. The third kappa shape index (κ3) is 6.50. The first-order chi connectivity index (χ1) is 14.9. The van der Waals surface area contributed by atoms with Gasteiger partial charge in [0.1, 0.15) is 5.82 Å². The largest absolute Gasteiger partial charge is 0.350 e. The summed E-state index contributed by atoms with van der Waals surface area (Å²) in [4.78, 5) is 36.3. The minimum absolute atomic E-state index is 0.208. The molecular weight excluding hydrogens is 397 g/mol. The average Bonchev–Trinajstić information content (AvgIpc) is 2.77. The first kappa shape index (κ1) is 21.7. The van der Waals surface area contributed by atoms with Crippen molar-refractivity contribution in [3.05, 3.63) is 101 Å². The van der Waals surface area contributed by atoms with Crippen molar-refractivity contribution in [3.8, 4) is 0 Å². The Morgan fingerprint density at radius 1 is 0.806 bits per heavy atom. The lowest BCUT2D eigenvalue weighted by molar-refractivity contribution is -0.120. The Hall–Kier alpha value is -4.00. The quantitative estimate of drug-likeness (QED) is 0.548. The Morgan fingerprint density at radius 3 is 2.16 bits per heavy atom. The van der Waals surface area contributed by atoms with Crippen LogP contribution in [-0.4, -0.2) is 24.3 Å². The summed E-state index contributed by atoms with van der Waals surface area (Å²) in [5.74, 6) is -1.49. The van der Waals surface area contributed by atoms with Crippen molar-refractivity contribution in [1.29, 1.82) is 0 Å². The first-order valence-electron chi connectivity index (χ1n) is 9.68. The molecule has 0 aliphatic heterocycles. The normalized spacial score (nSPS) is 10.3. The highest BCUT2D eigenvalue weighted by atomic mass is 19.1. The molecule has 3 aromatic rings. The molecule has 3 N–H and O–H groups in total. The van der Waals surface area contributed by atoms with E-state index < -0.39 is 11.7 Å². The number of amides is 3. The van der Waals surface area contributed by atoms with E-state index in [4.69, 9.17) is 0 Å². The molecule has 158 valence electrons. The molecule has 0 aliphatic rings. The lowest BCUT2D eigenvalue weighted by atomic mass is 10.1. The number of nitrogens with one attached hydrogen (secondary N) is 3. The number of anilines is 1. The minimum atomic E-state index is -0.462. The summed E-state index contributed by atoms with van der Waals surface area (Å²) in [6.45, 7) is 1.98. The fraction of sp³-hybridized carbons (Fsp3) is 0.125. The number of halogens is 1. The molecule has 0 saturated carbocycles. The van der Waals surface area contributed by atoms with Crippen molar-refractivity contribution in [2.24, 2.45) is 0 Å². The Morgan fingerprint density at radius 2 is 1.45 bits per heavy atom. The van der Waals surface area contributed by atoms with Crippen LogP contribution in [0, 0.1) is 12.7 Å². The third-order valence-electron chi connectivity index (χ3n) is 4.50. The molecule has 0 saturated heterocycles. The van der Waals surface area contributed by atoms with Crippen LogP contribution in [0.4, 0.5) is 10.1 Å². The van der Waals surface area contributed by atoms with Crippen LogP contribution in [0.15, 0.2) is 72.8 Å². The van der Waals surface area contributed by atoms with E-state index in [1.807, 2.05) is 25.1 Å². The fourth-order valence-corrected chi connectivity index (χ4v) is 2.79. The molecule has 0 unspecified atom stereocenters. The fourth-order valence-electron chi connectivity index (χ4n) is 2.79. The maximum atomic E-state index is 12.9. The molecule has 31 heavy (non-hydrogen) atoms. The number of aryl methyl sites for hydroxylation is 1. The number of hydrogen-bond acceptors (Lipinski definition) is 3. The standard InChI is InChI=1S/C24H22FN3O3/c1-16-5-7-19(8-6-16)24(31)28-21-4-2-3-17(13-21)14-26-22(29)15-27-23(30)18-9-11-20(25)12-10-18/h2-13H,14-15H2,1H3,(H,26,29)(H,27,30)(H,28,31). The van der Waals surface area contributed by atoms with Gasteiger partial charge < -0.3 is 16.0 Å². The average molecular weight is 419 g/mol. The Kier molecular flexibility index (Phi) is 7.11. The van der Waals surface area contributed by atoms with Gasteiger partial charge in [0.25, 0.3) is 11.8 Å². The molecular formula is C24H22FN3O3. The van der Waals surface area contributed by atoms with Gasteiger partial charge in [-0.25, -0.2) is 4.39 Å². The Labute approximate surface area is 179 Å². The van der Waals surface area contributed by atoms with Gasteiger partial charge in [-0.05, 0) is 61.0 Å². The summed E-state index contributed by atoms with van der Waals surface area (Å²) in [7, 11) is 0. The lowest BCUT2D eigenvalue weighted by Crippen LogP contribution is -2.36. The predicted octanol–water partition coefficient (Wildman–Crippen LogP) is 3.43. The summed E-state index contributed by atoms with van der Waals surface area (Å²) in [5, 5.41) is 8.02. The van der Waals surface area contributed by atoms with E-state index in [1.165, 1.54) is 24.3 Å². The number of hydrogen-bond donors (Lipinski definition) is 3. The van der Waals surface area contributed by atoms with Crippen molar-refractivity contribution in [2.45, 2.75) is 13.5 Å². The zero-order valence-electron chi connectivity index (χ0n) is 16.9. The molecule has 3 rings (SSSR count). The van der Waals surface area contributed by atoms with Crippen LogP contribution in [0.2, 0.25) is 0 Å². The van der Waals surface area contributed by atoms with Gasteiger partial charge in [0.2, 0.25) is 5.91 Å². The van der Waals surface area contributed by atoms with Gasteiger partial charge in [0, 0.05) is 23.4 Å². The summed E-state index contributed by atoms with van der Waals surface area (Å²) < 4.78 is 12.9. The lowest BCUT2D eigenvalue weighted by Gasteiger charge is -2.10. The Balaban J connectivity index is 1.48. The van der Waals surface area contributed by atoms with E-state index in [2.05, 4.69) is 16.0 Å². The van der Waals surface area contributed by atoms with Gasteiger partial charge in [-0.1, -0.05) is 29.8 Å². The van der Waals surface area contributed by atoms with E-state index in [9.17, 15) is 18.8 Å². The van der Waals surface area contributed by atoms with E-state index in [-0.39, 0.29) is 30.5 Å². The van der Waals surface area contributed by atoms with Crippen molar-refractivity contribution in [2.75, 3.05) is 11.9 Å². The summed E-state index contributed by atoms with van der Waals surface area (Å²) in [6, 6.07) is 19.4. The molecule has 0 bridgehead atoms. The maximum absolute atomic E-state index is 12.9. The number of carbonyl (C=O) groups is 3. The number of carbonyl (C=O) groups excluding carboxylic acids is 3. The molecule has 6 nitrogen and oxygen atoms in total. The molecule has 7 heteroatoms. The second-order valence-electron chi connectivity index (χ2n) is 6.99. The van der Waals surface area contributed by atoms with Crippen LogP contribution in [0.1, 0.15) is 31.8 Å². The van der Waals surface area contributed by atoms with E-state index >= 15 is 0 Å². The van der Waals surface area contributed by atoms with Gasteiger partial charge in [-0.15, -0.1) is 0 Å². The molecule has 0 radical (unpaired) electrons. The third-order valence-corrected chi connectivity index (χ3v) is 4.50. The van der Waals surface area contributed by atoms with Crippen molar-refractivity contribution in [3.63, 3.8) is 0 Å². The minimum Gasteiger partial charge on any atom is -0.350 e. The first-order valence-corrected chi connectivity index (χ1v) is 9.68. The van der Waals surface area contributed by atoms with Gasteiger partial charge in [0.15, 0.2) is 0 Å². The highest BCUT2D eigenvalue weighted by Gasteiger charge is 2.09.